The lowest BCUT2D eigenvalue weighted by Crippen LogP contribution is -2.28. The highest BCUT2D eigenvalue weighted by molar-refractivity contribution is 5.96. The van der Waals surface area contributed by atoms with Crippen LogP contribution in [0.5, 0.6) is 0 Å². The third-order valence-corrected chi connectivity index (χ3v) is 2.02. The van der Waals surface area contributed by atoms with Crippen LogP contribution in [0.2, 0.25) is 0 Å². The highest BCUT2D eigenvalue weighted by Gasteiger charge is 2.05. The van der Waals surface area contributed by atoms with Gasteiger partial charge in [-0.15, -0.1) is 0 Å². The Bertz CT molecular complexity index is 373. The van der Waals surface area contributed by atoms with Crippen LogP contribution in [0.4, 0.5) is 0 Å². The first-order chi connectivity index (χ1) is 7.63. The SMILES string of the molecule is CC(=O)CNC(=O)c1ccc(CNN)cc1. The van der Waals surface area contributed by atoms with E-state index in [-0.39, 0.29) is 18.2 Å². The Hall–Kier alpha value is -1.72. The van der Waals surface area contributed by atoms with Gasteiger partial charge in [-0.3, -0.25) is 20.9 Å². The largest absolute Gasteiger partial charge is 0.345 e. The first kappa shape index (κ1) is 12.4. The minimum Gasteiger partial charge on any atom is -0.345 e. The van der Waals surface area contributed by atoms with Gasteiger partial charge in [0.2, 0.25) is 0 Å². The van der Waals surface area contributed by atoms with Crippen molar-refractivity contribution in [1.29, 1.82) is 0 Å². The van der Waals surface area contributed by atoms with E-state index in [0.717, 1.165) is 5.56 Å². The predicted octanol–water partition coefficient (Wildman–Crippen LogP) is -0.0313. The summed E-state index contributed by atoms with van der Waals surface area (Å²) in [6.45, 7) is 2.04. The summed E-state index contributed by atoms with van der Waals surface area (Å²) in [4.78, 5) is 22.2. The van der Waals surface area contributed by atoms with Crippen LogP contribution in [0.1, 0.15) is 22.8 Å². The van der Waals surface area contributed by atoms with Crippen molar-refractivity contribution in [2.45, 2.75) is 13.5 Å². The molecule has 1 amide bonds. The van der Waals surface area contributed by atoms with Gasteiger partial charge in [0.25, 0.3) is 5.91 Å². The van der Waals surface area contributed by atoms with E-state index in [0.29, 0.717) is 12.1 Å². The van der Waals surface area contributed by atoms with E-state index in [9.17, 15) is 9.59 Å². The second-order valence-electron chi connectivity index (χ2n) is 3.46. The molecule has 16 heavy (non-hydrogen) atoms. The lowest BCUT2D eigenvalue weighted by Gasteiger charge is -2.04. The fourth-order valence-corrected chi connectivity index (χ4v) is 1.20. The van der Waals surface area contributed by atoms with Crippen molar-refractivity contribution in [3.05, 3.63) is 35.4 Å². The summed E-state index contributed by atoms with van der Waals surface area (Å²) in [6.07, 6.45) is 0. The van der Waals surface area contributed by atoms with Gasteiger partial charge in [0, 0.05) is 12.1 Å². The normalized spacial score (nSPS) is 9.88. The van der Waals surface area contributed by atoms with Crippen molar-refractivity contribution in [3.63, 3.8) is 0 Å². The van der Waals surface area contributed by atoms with Crippen molar-refractivity contribution < 1.29 is 9.59 Å². The van der Waals surface area contributed by atoms with E-state index >= 15 is 0 Å². The molecule has 0 fully saturated rings. The van der Waals surface area contributed by atoms with Gasteiger partial charge in [0.15, 0.2) is 0 Å². The van der Waals surface area contributed by atoms with Gasteiger partial charge in [-0.25, -0.2) is 0 Å². The van der Waals surface area contributed by atoms with Crippen LogP contribution in [-0.4, -0.2) is 18.2 Å². The molecular weight excluding hydrogens is 206 g/mol. The monoisotopic (exact) mass is 221 g/mol. The molecule has 0 aliphatic carbocycles. The van der Waals surface area contributed by atoms with E-state index in [2.05, 4.69) is 10.7 Å². The number of amides is 1. The van der Waals surface area contributed by atoms with Gasteiger partial charge in [-0.05, 0) is 24.6 Å². The van der Waals surface area contributed by atoms with Crippen LogP contribution in [0, 0.1) is 0 Å². The molecule has 86 valence electrons. The molecule has 1 aromatic carbocycles. The molecule has 0 saturated carbocycles. The van der Waals surface area contributed by atoms with Crippen LogP contribution in [0.25, 0.3) is 0 Å². The molecule has 1 rings (SSSR count). The van der Waals surface area contributed by atoms with E-state index in [1.807, 2.05) is 12.1 Å². The summed E-state index contributed by atoms with van der Waals surface area (Å²) in [5.41, 5.74) is 4.05. The molecule has 0 spiro atoms. The number of carbonyl (C=O) groups is 2. The average molecular weight is 221 g/mol. The molecule has 5 nitrogen and oxygen atoms in total. The number of hydrogen-bond donors (Lipinski definition) is 3. The number of nitrogens with two attached hydrogens (primary N) is 1. The molecule has 0 aromatic heterocycles. The standard InChI is InChI=1S/C11H15N3O2/c1-8(15)6-13-11(16)10-4-2-9(3-5-10)7-14-12/h2-5,14H,6-7,12H2,1H3,(H,13,16). The van der Waals surface area contributed by atoms with Gasteiger partial charge in [-0.1, -0.05) is 12.1 Å². The third-order valence-electron chi connectivity index (χ3n) is 2.02. The summed E-state index contributed by atoms with van der Waals surface area (Å²) in [5.74, 6) is 4.85. The molecule has 0 bridgehead atoms. The molecular formula is C11H15N3O2. The maximum absolute atomic E-state index is 11.5. The molecule has 0 saturated heterocycles. The Morgan fingerprint density at radius 2 is 1.88 bits per heavy atom. The average Bonchev–Trinajstić information content (AvgIpc) is 2.27. The van der Waals surface area contributed by atoms with Crippen LogP contribution in [-0.2, 0) is 11.3 Å². The van der Waals surface area contributed by atoms with E-state index < -0.39 is 0 Å². The molecule has 0 aliphatic heterocycles. The van der Waals surface area contributed by atoms with Gasteiger partial charge in [0.05, 0.1) is 6.54 Å². The number of carbonyl (C=O) groups excluding carboxylic acids is 2. The van der Waals surface area contributed by atoms with Gasteiger partial charge < -0.3 is 5.32 Å². The van der Waals surface area contributed by atoms with E-state index in [4.69, 9.17) is 5.84 Å². The Kier molecular flexibility index (Phi) is 4.63. The van der Waals surface area contributed by atoms with E-state index in [1.165, 1.54) is 6.92 Å². The van der Waals surface area contributed by atoms with Crippen LogP contribution < -0.4 is 16.6 Å². The number of nitrogens with one attached hydrogen (secondary N) is 2. The lowest BCUT2D eigenvalue weighted by molar-refractivity contribution is -0.116. The van der Waals surface area contributed by atoms with Crippen molar-refractivity contribution in [2.24, 2.45) is 5.84 Å². The highest BCUT2D eigenvalue weighted by Crippen LogP contribution is 2.03. The minimum atomic E-state index is -0.248. The second kappa shape index (κ2) is 5.99. The molecule has 0 heterocycles. The Labute approximate surface area is 94.0 Å². The fourth-order valence-electron chi connectivity index (χ4n) is 1.20. The molecule has 0 aliphatic rings. The summed E-state index contributed by atoms with van der Waals surface area (Å²) >= 11 is 0. The predicted molar refractivity (Wildman–Crippen MR) is 60.5 cm³/mol. The second-order valence-corrected chi connectivity index (χ2v) is 3.46. The van der Waals surface area contributed by atoms with Crippen LogP contribution >= 0.6 is 0 Å². The summed E-state index contributed by atoms with van der Waals surface area (Å²) in [5, 5.41) is 2.52. The Balaban J connectivity index is 2.59. The van der Waals surface area contributed by atoms with Gasteiger partial charge >= 0.3 is 0 Å². The first-order valence-electron chi connectivity index (χ1n) is 4.93. The maximum Gasteiger partial charge on any atom is 0.251 e. The number of hydrazine groups is 1. The smallest absolute Gasteiger partial charge is 0.251 e. The fraction of sp³-hybridized carbons (Fsp3) is 0.273. The summed E-state index contributed by atoms with van der Waals surface area (Å²) in [7, 11) is 0. The summed E-state index contributed by atoms with van der Waals surface area (Å²) < 4.78 is 0. The number of ketones is 1. The topological polar surface area (TPSA) is 84.2 Å². The third kappa shape index (κ3) is 3.80. The van der Waals surface area contributed by atoms with Crippen molar-refractivity contribution in [2.75, 3.05) is 6.54 Å². The number of benzene rings is 1. The molecule has 1 aromatic rings. The zero-order valence-electron chi connectivity index (χ0n) is 9.12. The Morgan fingerprint density at radius 3 is 2.38 bits per heavy atom. The summed E-state index contributed by atoms with van der Waals surface area (Å²) in [6, 6.07) is 7.01. The zero-order chi connectivity index (χ0) is 12.0. The molecule has 5 heteroatoms. The highest BCUT2D eigenvalue weighted by atomic mass is 16.2. The molecule has 4 N–H and O–H groups in total. The molecule has 0 unspecified atom stereocenters. The lowest BCUT2D eigenvalue weighted by atomic mass is 10.1. The van der Waals surface area contributed by atoms with Crippen molar-refractivity contribution in [1.82, 2.24) is 10.7 Å². The zero-order valence-corrected chi connectivity index (χ0v) is 9.12. The van der Waals surface area contributed by atoms with Crippen molar-refractivity contribution >= 4 is 11.7 Å². The first-order valence-corrected chi connectivity index (χ1v) is 4.93. The van der Waals surface area contributed by atoms with E-state index in [1.54, 1.807) is 12.1 Å². The number of Topliss-reactive ketones (excluding diaryl/α,β-unsaturated/α-hetero) is 1. The number of hydrogen-bond acceptors (Lipinski definition) is 4. The quantitative estimate of drug-likeness (QED) is 0.481. The van der Waals surface area contributed by atoms with Gasteiger partial charge in [0.1, 0.15) is 5.78 Å². The molecule has 0 atom stereocenters. The van der Waals surface area contributed by atoms with Crippen molar-refractivity contribution in [3.8, 4) is 0 Å². The maximum atomic E-state index is 11.5. The van der Waals surface area contributed by atoms with Crippen LogP contribution in [0.3, 0.4) is 0 Å². The minimum absolute atomic E-state index is 0.0605. The van der Waals surface area contributed by atoms with Crippen LogP contribution in [0.15, 0.2) is 24.3 Å². The molecule has 0 radical (unpaired) electrons. The number of rotatable bonds is 5. The Morgan fingerprint density at radius 1 is 1.25 bits per heavy atom. The van der Waals surface area contributed by atoms with Gasteiger partial charge in [-0.2, -0.15) is 0 Å².